The fourth-order valence-electron chi connectivity index (χ4n) is 3.00. The highest BCUT2D eigenvalue weighted by molar-refractivity contribution is 7.92. The molecule has 1 amide bonds. The molecule has 0 unspecified atom stereocenters. The van der Waals surface area contributed by atoms with Crippen LogP contribution in [0.15, 0.2) is 59.8 Å². The maximum atomic E-state index is 12.8. The van der Waals surface area contributed by atoms with Gasteiger partial charge in [0.05, 0.1) is 0 Å². The van der Waals surface area contributed by atoms with E-state index in [9.17, 15) is 13.2 Å². The van der Waals surface area contributed by atoms with Gasteiger partial charge in [-0.25, -0.2) is 8.42 Å². The van der Waals surface area contributed by atoms with E-state index < -0.39 is 10.0 Å². The molecule has 3 aliphatic rings. The van der Waals surface area contributed by atoms with Gasteiger partial charge in [-0.15, -0.1) is 0 Å². The molecular weight excluding hydrogens is 356 g/mol. The van der Waals surface area contributed by atoms with Gasteiger partial charge in [-0.2, -0.15) is 4.31 Å². The Morgan fingerprint density at radius 2 is 2.08 bits per heavy atom. The van der Waals surface area contributed by atoms with Gasteiger partial charge in [-0.05, 0) is 37.3 Å². The smallest absolute Gasteiger partial charge is 0.279 e. The molecule has 2 heterocycles. The van der Waals surface area contributed by atoms with E-state index in [2.05, 4.69) is 11.9 Å². The highest BCUT2D eigenvalue weighted by atomic mass is 32.2. The third-order valence-corrected chi connectivity index (χ3v) is 6.19. The van der Waals surface area contributed by atoms with Crippen LogP contribution in [0.25, 0.3) is 0 Å². The number of piperidine rings is 1. The quantitative estimate of drug-likeness (QED) is 0.740. The maximum absolute atomic E-state index is 12.8. The molecule has 0 saturated carbocycles. The van der Waals surface area contributed by atoms with Crippen LogP contribution < -0.4 is 5.32 Å². The first-order valence-electron chi connectivity index (χ1n) is 8.53. The Morgan fingerprint density at radius 3 is 2.73 bits per heavy atom. The fourth-order valence-corrected chi connectivity index (χ4v) is 4.32. The molecule has 3 rings (SSSR count). The van der Waals surface area contributed by atoms with E-state index in [-0.39, 0.29) is 17.0 Å². The van der Waals surface area contributed by atoms with Crippen LogP contribution in [-0.2, 0) is 24.3 Å². The Hall–Kier alpha value is -2.32. The molecule has 140 valence electrons. The van der Waals surface area contributed by atoms with Gasteiger partial charge in [0.15, 0.2) is 5.76 Å². The molecule has 7 nitrogen and oxygen atoms in total. The number of sulfonamides is 1. The minimum absolute atomic E-state index is 0.0564. The number of nitrogens with zero attached hydrogens (tertiary/aromatic N) is 1. The van der Waals surface area contributed by atoms with Crippen molar-refractivity contribution in [3.63, 3.8) is 0 Å². The van der Waals surface area contributed by atoms with Gasteiger partial charge in [-0.3, -0.25) is 4.79 Å². The zero-order chi connectivity index (χ0) is 18.6. The summed E-state index contributed by atoms with van der Waals surface area (Å²) in [6.45, 7) is 4.02. The minimum Gasteiger partial charge on any atom is -0.464 e. The highest BCUT2D eigenvalue weighted by Gasteiger charge is 2.34. The molecule has 0 radical (unpaired) electrons. The first-order chi connectivity index (χ1) is 12.5. The van der Waals surface area contributed by atoms with Gasteiger partial charge in [0.2, 0.25) is 5.91 Å². The molecular formula is C18H22N2O5S. The molecule has 1 N–H and O–H groups in total. The Labute approximate surface area is 153 Å². The summed E-state index contributed by atoms with van der Waals surface area (Å²) in [5.41, 5.74) is 0.902. The molecule has 8 heteroatoms. The first-order valence-corrected chi connectivity index (χ1v) is 9.97. The Kier molecular flexibility index (Phi) is 5.63. The van der Waals surface area contributed by atoms with Crippen molar-refractivity contribution in [1.29, 1.82) is 0 Å². The van der Waals surface area contributed by atoms with E-state index >= 15 is 0 Å². The fraction of sp³-hybridized carbons (Fsp3) is 0.389. The normalized spacial score (nSPS) is 21.6. The van der Waals surface area contributed by atoms with Crippen molar-refractivity contribution in [1.82, 2.24) is 9.62 Å². The minimum atomic E-state index is -3.79. The van der Waals surface area contributed by atoms with E-state index in [1.54, 1.807) is 0 Å². The summed E-state index contributed by atoms with van der Waals surface area (Å²) in [5, 5.41) is 2.59. The second-order valence-corrected chi connectivity index (χ2v) is 8.08. The van der Waals surface area contributed by atoms with Crippen LogP contribution in [0, 0.1) is 0 Å². The van der Waals surface area contributed by atoms with Gasteiger partial charge >= 0.3 is 0 Å². The second kappa shape index (κ2) is 7.92. The third kappa shape index (κ3) is 4.08. The van der Waals surface area contributed by atoms with E-state index in [1.807, 2.05) is 18.2 Å². The van der Waals surface area contributed by atoms with Crippen molar-refractivity contribution in [2.75, 3.05) is 13.1 Å². The van der Waals surface area contributed by atoms with Crippen molar-refractivity contribution in [3.05, 3.63) is 59.8 Å². The van der Waals surface area contributed by atoms with Crippen molar-refractivity contribution in [3.8, 4) is 0 Å². The zero-order valence-electron chi connectivity index (χ0n) is 14.4. The lowest BCUT2D eigenvalue weighted by Crippen LogP contribution is -2.46. The molecule has 0 aromatic carbocycles. The van der Waals surface area contributed by atoms with Crippen molar-refractivity contribution >= 4 is 15.9 Å². The van der Waals surface area contributed by atoms with Gasteiger partial charge < -0.3 is 14.8 Å². The zero-order valence-corrected chi connectivity index (χ0v) is 15.2. The number of carbonyl (C=O) groups is 1. The van der Waals surface area contributed by atoms with E-state index in [0.29, 0.717) is 31.7 Å². The summed E-state index contributed by atoms with van der Waals surface area (Å²) in [4.78, 5) is 11.4. The van der Waals surface area contributed by atoms with E-state index in [0.717, 1.165) is 24.7 Å². The van der Waals surface area contributed by atoms with Crippen LogP contribution in [0.2, 0.25) is 0 Å². The Morgan fingerprint density at radius 1 is 1.31 bits per heavy atom. The topological polar surface area (TPSA) is 84.9 Å². The van der Waals surface area contributed by atoms with Crippen molar-refractivity contribution in [2.24, 2.45) is 0 Å². The number of rotatable bonds is 5. The SMILES string of the molecule is C=CC(=O)NC1CCN(S(=O)(=O)C2=COC=C(C3=CC=CCC3)O2)CC1. The van der Waals surface area contributed by atoms with Gasteiger partial charge in [0, 0.05) is 19.1 Å². The predicted molar refractivity (Wildman–Crippen MR) is 96.6 cm³/mol. The lowest BCUT2D eigenvalue weighted by Gasteiger charge is -2.32. The number of carbonyl (C=O) groups excluding carboxylic acids is 1. The molecule has 0 bridgehead atoms. The summed E-state index contributed by atoms with van der Waals surface area (Å²) < 4.78 is 37.9. The molecule has 1 saturated heterocycles. The summed E-state index contributed by atoms with van der Waals surface area (Å²) >= 11 is 0. The largest absolute Gasteiger partial charge is 0.464 e. The molecule has 0 spiro atoms. The highest BCUT2D eigenvalue weighted by Crippen LogP contribution is 2.30. The van der Waals surface area contributed by atoms with Gasteiger partial charge in [0.1, 0.15) is 12.5 Å². The van der Waals surface area contributed by atoms with Crippen LogP contribution in [0.4, 0.5) is 0 Å². The second-order valence-electron chi connectivity index (χ2n) is 6.21. The predicted octanol–water partition coefficient (Wildman–Crippen LogP) is 2.05. The van der Waals surface area contributed by atoms with Gasteiger partial charge in [0.25, 0.3) is 15.1 Å². The molecule has 2 aliphatic heterocycles. The number of hydrogen-bond donors (Lipinski definition) is 1. The Balaban J connectivity index is 1.63. The third-order valence-electron chi connectivity index (χ3n) is 4.46. The average molecular weight is 378 g/mol. The lowest BCUT2D eigenvalue weighted by atomic mass is 10.0. The summed E-state index contributed by atoms with van der Waals surface area (Å²) in [7, 11) is -3.79. The molecule has 0 atom stereocenters. The van der Waals surface area contributed by atoms with E-state index in [1.165, 1.54) is 16.6 Å². The number of ether oxygens (including phenoxy) is 2. The molecule has 0 aromatic heterocycles. The van der Waals surface area contributed by atoms with Crippen LogP contribution >= 0.6 is 0 Å². The molecule has 1 fully saturated rings. The summed E-state index contributed by atoms with van der Waals surface area (Å²) in [6, 6.07) is -0.0564. The van der Waals surface area contributed by atoms with Crippen LogP contribution in [0.1, 0.15) is 25.7 Å². The lowest BCUT2D eigenvalue weighted by molar-refractivity contribution is -0.117. The average Bonchev–Trinajstić information content (AvgIpc) is 2.69. The summed E-state index contributed by atoms with van der Waals surface area (Å²) in [6.07, 6.45) is 12.3. The number of allylic oxidation sites excluding steroid dienone is 4. The van der Waals surface area contributed by atoms with Crippen LogP contribution in [0.3, 0.4) is 0 Å². The molecule has 0 aromatic rings. The maximum Gasteiger partial charge on any atom is 0.279 e. The first kappa shape index (κ1) is 18.5. The van der Waals surface area contributed by atoms with Crippen molar-refractivity contribution < 1.29 is 22.7 Å². The van der Waals surface area contributed by atoms with Crippen LogP contribution in [-0.4, -0.2) is 37.8 Å². The number of nitrogens with one attached hydrogen (secondary N) is 1. The number of hydrogen-bond acceptors (Lipinski definition) is 5. The van der Waals surface area contributed by atoms with Crippen molar-refractivity contribution in [2.45, 2.75) is 31.7 Å². The standard InChI is InChI=1S/C18H22N2O5S/c1-2-17(21)19-15-8-10-20(11-9-15)26(22,23)18-13-24-12-16(25-18)14-6-4-3-5-7-14/h2-4,6,12-13,15H,1,5,7-11H2,(H,19,21). The summed E-state index contributed by atoms with van der Waals surface area (Å²) in [5.74, 6) is 0.172. The number of amides is 1. The monoisotopic (exact) mass is 378 g/mol. The van der Waals surface area contributed by atoms with E-state index in [4.69, 9.17) is 9.47 Å². The molecule has 1 aliphatic carbocycles. The molecule has 26 heavy (non-hydrogen) atoms. The van der Waals surface area contributed by atoms with Gasteiger partial charge in [-0.1, -0.05) is 24.8 Å². The van der Waals surface area contributed by atoms with Crippen LogP contribution in [0.5, 0.6) is 0 Å². The Bertz CT molecular complexity index is 799.